The highest BCUT2D eigenvalue weighted by atomic mass is 127. The fourth-order valence-electron chi connectivity index (χ4n) is 3.00. The minimum atomic E-state index is -0.463. The number of benzene rings is 2. The highest BCUT2D eigenvalue weighted by molar-refractivity contribution is 14.1. The van der Waals surface area contributed by atoms with E-state index in [1.165, 1.54) is 18.9 Å². The Morgan fingerprint density at radius 2 is 2.09 bits per heavy atom. The van der Waals surface area contributed by atoms with Crippen LogP contribution in [-0.4, -0.2) is 44.2 Å². The molecule has 9 nitrogen and oxygen atoms in total. The van der Waals surface area contributed by atoms with Crippen LogP contribution in [0.2, 0.25) is 0 Å². The van der Waals surface area contributed by atoms with Crippen molar-refractivity contribution in [1.29, 1.82) is 0 Å². The standard InChI is InChI=1S/C22H19IN2O7S/c1-3-29-19(26)10-30-20-14(23)6-12(7-17(20)28-2)8-18-21(27)25-22(33-18)24-13-4-5-15-16(9-13)32-11-31-15/h4-9H,3,10-11H2,1-2H3,(H,24,25,27). The van der Waals surface area contributed by atoms with Gasteiger partial charge in [0.05, 0.1) is 27.9 Å². The van der Waals surface area contributed by atoms with Crippen LogP contribution in [0.3, 0.4) is 0 Å². The molecule has 2 heterocycles. The molecule has 0 spiro atoms. The lowest BCUT2D eigenvalue weighted by atomic mass is 10.2. The second-order valence-electron chi connectivity index (χ2n) is 6.65. The highest BCUT2D eigenvalue weighted by Crippen LogP contribution is 2.38. The smallest absolute Gasteiger partial charge is 0.344 e. The number of amides is 1. The Kier molecular flexibility index (Phi) is 7.28. The first-order chi connectivity index (χ1) is 16.0. The summed E-state index contributed by atoms with van der Waals surface area (Å²) in [5.41, 5.74) is 1.38. The number of hydrogen-bond acceptors (Lipinski definition) is 9. The number of nitrogens with one attached hydrogen (secondary N) is 1. The number of aliphatic imine (C=N–C) groups is 1. The van der Waals surface area contributed by atoms with Gasteiger partial charge in [0.25, 0.3) is 5.91 Å². The molecule has 0 atom stereocenters. The number of carbonyl (C=O) groups excluding carboxylic acids is 2. The van der Waals surface area contributed by atoms with Crippen molar-refractivity contribution >= 4 is 63.2 Å². The van der Waals surface area contributed by atoms with Crippen molar-refractivity contribution in [2.45, 2.75) is 6.92 Å². The van der Waals surface area contributed by atoms with E-state index in [9.17, 15) is 9.59 Å². The lowest BCUT2D eigenvalue weighted by molar-refractivity contribution is -0.145. The molecule has 2 aliphatic rings. The van der Waals surface area contributed by atoms with E-state index in [1.54, 1.807) is 37.3 Å². The third-order valence-electron chi connectivity index (χ3n) is 4.43. The molecular weight excluding hydrogens is 563 g/mol. The molecule has 1 saturated heterocycles. The van der Waals surface area contributed by atoms with Crippen LogP contribution in [0.4, 0.5) is 5.69 Å². The van der Waals surface area contributed by atoms with Gasteiger partial charge in [0.1, 0.15) is 0 Å². The molecule has 1 amide bonds. The summed E-state index contributed by atoms with van der Waals surface area (Å²) >= 11 is 3.32. The topological polar surface area (TPSA) is 105 Å². The average Bonchev–Trinajstić information content (AvgIpc) is 3.38. The molecular formula is C22H19IN2O7S. The molecule has 4 rings (SSSR count). The fraction of sp³-hybridized carbons (Fsp3) is 0.227. The highest BCUT2D eigenvalue weighted by Gasteiger charge is 2.25. The van der Waals surface area contributed by atoms with Crippen LogP contribution >= 0.6 is 34.4 Å². The van der Waals surface area contributed by atoms with E-state index >= 15 is 0 Å². The van der Waals surface area contributed by atoms with Gasteiger partial charge in [0.2, 0.25) is 6.79 Å². The van der Waals surface area contributed by atoms with Crippen LogP contribution in [0.15, 0.2) is 40.2 Å². The summed E-state index contributed by atoms with van der Waals surface area (Å²) in [4.78, 5) is 29.0. The van der Waals surface area contributed by atoms with Crippen LogP contribution < -0.4 is 24.3 Å². The number of ether oxygens (including phenoxy) is 5. The first-order valence-corrected chi connectivity index (χ1v) is 11.7. The van der Waals surface area contributed by atoms with Crippen molar-refractivity contribution in [3.63, 3.8) is 0 Å². The maximum Gasteiger partial charge on any atom is 0.344 e. The van der Waals surface area contributed by atoms with Crippen LogP contribution in [0.25, 0.3) is 6.08 Å². The average molecular weight is 582 g/mol. The summed E-state index contributed by atoms with van der Waals surface area (Å²) in [6.07, 6.45) is 1.74. The SMILES string of the molecule is CCOC(=O)COc1c(I)cc(C=C2SC(=Nc3ccc4c(c3)OCO4)NC2=O)cc1OC. The molecule has 0 radical (unpaired) electrons. The molecule has 11 heteroatoms. The molecule has 0 aromatic heterocycles. The number of hydrogen-bond donors (Lipinski definition) is 1. The van der Waals surface area contributed by atoms with Crippen LogP contribution in [0.1, 0.15) is 12.5 Å². The molecule has 0 aliphatic carbocycles. The number of esters is 1. The van der Waals surface area contributed by atoms with Crippen molar-refractivity contribution < 1.29 is 33.3 Å². The van der Waals surface area contributed by atoms with Crippen LogP contribution in [-0.2, 0) is 14.3 Å². The second-order valence-corrected chi connectivity index (χ2v) is 8.84. The number of nitrogens with zero attached hydrogens (tertiary/aromatic N) is 1. The molecule has 0 unspecified atom stereocenters. The van der Waals surface area contributed by atoms with E-state index in [2.05, 4.69) is 32.9 Å². The molecule has 2 aromatic rings. The third-order valence-corrected chi connectivity index (χ3v) is 6.14. The Balaban J connectivity index is 1.51. The predicted molar refractivity (Wildman–Crippen MR) is 131 cm³/mol. The van der Waals surface area contributed by atoms with E-state index in [1.807, 2.05) is 6.07 Å². The summed E-state index contributed by atoms with van der Waals surface area (Å²) in [7, 11) is 1.51. The van der Waals surface area contributed by atoms with Gasteiger partial charge in [0, 0.05) is 6.07 Å². The van der Waals surface area contributed by atoms with E-state index < -0.39 is 5.97 Å². The predicted octanol–water partition coefficient (Wildman–Crippen LogP) is 3.86. The summed E-state index contributed by atoms with van der Waals surface area (Å²) in [6.45, 7) is 1.97. The Bertz CT molecular complexity index is 1170. The number of thioether (sulfide) groups is 1. The van der Waals surface area contributed by atoms with Gasteiger partial charge in [0.15, 0.2) is 34.8 Å². The van der Waals surface area contributed by atoms with E-state index in [0.717, 1.165) is 9.13 Å². The quantitative estimate of drug-likeness (QED) is 0.298. The zero-order valence-corrected chi connectivity index (χ0v) is 20.7. The molecule has 2 aliphatic heterocycles. The lowest BCUT2D eigenvalue weighted by Gasteiger charge is -2.13. The first-order valence-electron chi connectivity index (χ1n) is 9.82. The largest absolute Gasteiger partial charge is 0.493 e. The van der Waals surface area contributed by atoms with E-state index in [4.69, 9.17) is 23.7 Å². The molecule has 1 fully saturated rings. The van der Waals surface area contributed by atoms with Crippen molar-refractivity contribution in [3.05, 3.63) is 44.4 Å². The van der Waals surface area contributed by atoms with Crippen LogP contribution in [0.5, 0.6) is 23.0 Å². The fourth-order valence-corrected chi connectivity index (χ4v) is 4.62. The Labute approximate surface area is 207 Å². The molecule has 1 N–H and O–H groups in total. The molecule has 0 saturated carbocycles. The summed E-state index contributed by atoms with van der Waals surface area (Å²) in [6, 6.07) is 8.89. The number of methoxy groups -OCH3 is 1. The van der Waals surface area contributed by atoms with Gasteiger partial charge < -0.3 is 29.0 Å². The number of halogens is 1. The first kappa shape index (κ1) is 23.2. The summed E-state index contributed by atoms with van der Waals surface area (Å²) in [5.74, 6) is 1.44. The van der Waals surface area contributed by atoms with Gasteiger partial charge in [-0.15, -0.1) is 0 Å². The lowest BCUT2D eigenvalue weighted by Crippen LogP contribution is -2.19. The van der Waals surface area contributed by atoms with Gasteiger partial charge in [-0.2, -0.15) is 0 Å². The number of amidine groups is 1. The molecule has 33 heavy (non-hydrogen) atoms. The van der Waals surface area contributed by atoms with E-state index in [0.29, 0.717) is 38.8 Å². The minimum absolute atomic E-state index is 0.183. The van der Waals surface area contributed by atoms with Crippen molar-refractivity contribution in [1.82, 2.24) is 5.32 Å². The monoisotopic (exact) mass is 582 g/mol. The van der Waals surface area contributed by atoms with Crippen molar-refractivity contribution in [2.24, 2.45) is 4.99 Å². The minimum Gasteiger partial charge on any atom is -0.493 e. The van der Waals surface area contributed by atoms with Gasteiger partial charge in [-0.1, -0.05) is 0 Å². The summed E-state index contributed by atoms with van der Waals surface area (Å²) < 4.78 is 27.3. The van der Waals surface area contributed by atoms with Crippen molar-refractivity contribution in [3.8, 4) is 23.0 Å². The van der Waals surface area contributed by atoms with Gasteiger partial charge >= 0.3 is 5.97 Å². The van der Waals surface area contributed by atoms with Crippen LogP contribution in [0, 0.1) is 3.57 Å². The molecule has 172 valence electrons. The van der Waals surface area contributed by atoms with Gasteiger partial charge in [-0.05, 0) is 77.2 Å². The molecule has 2 aromatic carbocycles. The zero-order chi connectivity index (χ0) is 23.4. The van der Waals surface area contributed by atoms with E-state index in [-0.39, 0.29) is 25.9 Å². The maximum atomic E-state index is 12.5. The number of rotatable bonds is 7. The number of carbonyl (C=O) groups is 2. The normalized spacial score (nSPS) is 16.8. The van der Waals surface area contributed by atoms with Gasteiger partial charge in [-0.3, -0.25) is 4.79 Å². The number of fused-ring (bicyclic) bond motifs is 1. The Hall–Kier alpha value is -2.93. The Morgan fingerprint density at radius 1 is 1.27 bits per heavy atom. The molecule has 0 bridgehead atoms. The third kappa shape index (κ3) is 5.53. The summed E-state index contributed by atoms with van der Waals surface area (Å²) in [5, 5.41) is 3.22. The zero-order valence-electron chi connectivity index (χ0n) is 17.7. The van der Waals surface area contributed by atoms with Crippen molar-refractivity contribution in [2.75, 3.05) is 27.1 Å². The van der Waals surface area contributed by atoms with Gasteiger partial charge in [-0.25, -0.2) is 9.79 Å². The maximum absolute atomic E-state index is 12.5. The second kappa shape index (κ2) is 10.3. The Morgan fingerprint density at radius 3 is 2.88 bits per heavy atom.